The van der Waals surface area contributed by atoms with Gasteiger partial charge in [-0.15, -0.1) is 9.24 Å². The minimum atomic E-state index is -0.260. The van der Waals surface area contributed by atoms with E-state index in [0.29, 0.717) is 29.4 Å². The summed E-state index contributed by atoms with van der Waals surface area (Å²) in [6.07, 6.45) is 6.52. The maximum atomic E-state index is 11.3. The first-order valence-corrected chi connectivity index (χ1v) is 10.5. The molecule has 2 fully saturated rings. The minimum Gasteiger partial charge on any atom is -0.427 e. The van der Waals surface area contributed by atoms with Crippen LogP contribution in [0.2, 0.25) is 0 Å². The zero-order chi connectivity index (χ0) is 17.8. The van der Waals surface area contributed by atoms with Gasteiger partial charge in [-0.05, 0) is 90.6 Å². The molecule has 0 spiro atoms. The quantitative estimate of drug-likeness (QED) is 0.487. The van der Waals surface area contributed by atoms with Gasteiger partial charge in [0, 0.05) is 6.92 Å². The van der Waals surface area contributed by atoms with E-state index in [4.69, 9.17) is 4.74 Å². The summed E-state index contributed by atoms with van der Waals surface area (Å²) >= 11 is 0. The lowest BCUT2D eigenvalue weighted by atomic mass is 9.54. The third-order valence-corrected chi connectivity index (χ3v) is 7.96. The molecule has 1 aromatic carbocycles. The van der Waals surface area contributed by atoms with E-state index in [1.165, 1.54) is 30.9 Å². The molecule has 0 radical (unpaired) electrons. The first kappa shape index (κ1) is 17.5. The number of rotatable bonds is 2. The summed E-state index contributed by atoms with van der Waals surface area (Å²) in [5, 5.41) is 10.6. The van der Waals surface area contributed by atoms with Gasteiger partial charge in [-0.25, -0.2) is 0 Å². The average Bonchev–Trinajstić information content (AvgIpc) is 2.89. The summed E-state index contributed by atoms with van der Waals surface area (Å²) in [6, 6.07) is 6.25. The number of benzene rings is 1. The zero-order valence-corrected chi connectivity index (χ0v) is 16.4. The van der Waals surface area contributed by atoms with E-state index < -0.39 is 0 Å². The number of aliphatic hydroxyl groups is 1. The second-order valence-corrected chi connectivity index (χ2v) is 9.04. The Morgan fingerprint density at radius 1 is 1.32 bits per heavy atom. The van der Waals surface area contributed by atoms with Crippen LogP contribution in [0.1, 0.15) is 68.9 Å². The summed E-state index contributed by atoms with van der Waals surface area (Å²) in [5.74, 6) is 2.82. The molecular weight excluding hydrogens is 331 g/mol. The molecule has 1 N–H and O–H groups in total. The highest BCUT2D eigenvalue weighted by atomic mass is 31.0. The van der Waals surface area contributed by atoms with Gasteiger partial charge in [0.05, 0.1) is 6.10 Å². The van der Waals surface area contributed by atoms with Gasteiger partial charge in [-0.1, -0.05) is 13.0 Å². The Kier molecular flexibility index (Phi) is 4.45. The van der Waals surface area contributed by atoms with E-state index in [1.54, 1.807) is 0 Å². The van der Waals surface area contributed by atoms with Crippen LogP contribution in [0.5, 0.6) is 5.75 Å². The van der Waals surface area contributed by atoms with E-state index in [1.807, 2.05) is 6.07 Å². The van der Waals surface area contributed by atoms with Gasteiger partial charge in [0.25, 0.3) is 0 Å². The standard InChI is InChI=1S/C21H29O3P/c1-12(22)24-14-3-4-15-16-7-8-21(2)19(5-6-20(21)23)18(16)9-13(11-25)17(15)10-14/h3-4,10,13,16,18-20,23H,5-9,11,25H2,1-2H3/t13-,16?,18+,19?,20?,21-/m0/s1. The molecular formula is C21H29O3P. The number of fused-ring (bicyclic) bond motifs is 5. The van der Waals surface area contributed by atoms with Gasteiger partial charge in [0.2, 0.25) is 0 Å². The molecule has 0 saturated heterocycles. The predicted molar refractivity (Wildman–Crippen MR) is 102 cm³/mol. The summed E-state index contributed by atoms with van der Waals surface area (Å²) in [4.78, 5) is 11.3. The van der Waals surface area contributed by atoms with Crippen LogP contribution >= 0.6 is 9.24 Å². The van der Waals surface area contributed by atoms with Gasteiger partial charge in [-0.2, -0.15) is 0 Å². The number of carbonyl (C=O) groups is 1. The van der Waals surface area contributed by atoms with Crippen molar-refractivity contribution in [1.82, 2.24) is 0 Å². The molecule has 7 atom stereocenters. The molecule has 1 aromatic rings. The number of esters is 1. The Bertz CT molecular complexity index is 688. The van der Waals surface area contributed by atoms with Gasteiger partial charge in [0.1, 0.15) is 5.75 Å². The fourth-order valence-corrected chi connectivity index (χ4v) is 6.57. The van der Waals surface area contributed by atoms with Crippen molar-refractivity contribution in [2.24, 2.45) is 17.3 Å². The van der Waals surface area contributed by atoms with Crippen molar-refractivity contribution in [3.8, 4) is 5.75 Å². The summed E-state index contributed by atoms with van der Waals surface area (Å²) in [5.41, 5.74) is 2.95. The van der Waals surface area contributed by atoms with Crippen molar-refractivity contribution in [2.45, 2.75) is 63.9 Å². The van der Waals surface area contributed by atoms with Crippen LogP contribution in [-0.2, 0) is 4.79 Å². The summed E-state index contributed by atoms with van der Waals surface area (Å²) in [7, 11) is 2.91. The molecule has 4 unspecified atom stereocenters. The lowest BCUT2D eigenvalue weighted by molar-refractivity contribution is -0.131. The maximum Gasteiger partial charge on any atom is 0.308 e. The highest BCUT2D eigenvalue weighted by molar-refractivity contribution is 7.16. The van der Waals surface area contributed by atoms with Crippen LogP contribution < -0.4 is 4.74 Å². The van der Waals surface area contributed by atoms with Crippen LogP contribution in [0, 0.1) is 17.3 Å². The molecule has 0 aromatic heterocycles. The Labute approximate surface area is 152 Å². The highest BCUT2D eigenvalue weighted by Crippen LogP contribution is 2.62. The number of hydrogen-bond acceptors (Lipinski definition) is 3. The second-order valence-electron chi connectivity index (χ2n) is 8.57. The zero-order valence-electron chi connectivity index (χ0n) is 15.2. The molecule has 0 heterocycles. The van der Waals surface area contributed by atoms with Crippen molar-refractivity contribution in [3.05, 3.63) is 29.3 Å². The fourth-order valence-electron chi connectivity index (χ4n) is 6.13. The lowest BCUT2D eigenvalue weighted by Gasteiger charge is -2.51. The summed E-state index contributed by atoms with van der Waals surface area (Å²) < 4.78 is 5.33. The first-order chi connectivity index (χ1) is 11.9. The van der Waals surface area contributed by atoms with E-state index in [-0.39, 0.29) is 17.5 Å². The largest absolute Gasteiger partial charge is 0.427 e. The normalized spacial score (nSPS) is 39.3. The monoisotopic (exact) mass is 360 g/mol. The molecule has 2 saturated carbocycles. The predicted octanol–water partition coefficient (Wildman–Crippen LogP) is 4.25. The Balaban J connectivity index is 1.71. The van der Waals surface area contributed by atoms with Crippen LogP contribution in [0.25, 0.3) is 0 Å². The maximum absolute atomic E-state index is 11.3. The van der Waals surface area contributed by atoms with Crippen molar-refractivity contribution in [2.75, 3.05) is 6.16 Å². The highest BCUT2D eigenvalue weighted by Gasteiger charge is 2.55. The Hall–Kier alpha value is -0.920. The SMILES string of the molecule is CC(=O)Oc1ccc2c(c1)[C@H](CP)C[C@@H]1C2CC[C@]2(C)C(O)CCC12. The number of aliphatic hydroxyl groups excluding tert-OH is 1. The smallest absolute Gasteiger partial charge is 0.308 e. The molecule has 136 valence electrons. The Morgan fingerprint density at radius 2 is 2.12 bits per heavy atom. The van der Waals surface area contributed by atoms with Gasteiger partial charge >= 0.3 is 5.97 Å². The van der Waals surface area contributed by atoms with Crippen LogP contribution in [0.15, 0.2) is 18.2 Å². The lowest BCUT2D eigenvalue weighted by Crippen LogP contribution is -2.44. The number of carbonyl (C=O) groups excluding carboxylic acids is 1. The third-order valence-electron chi connectivity index (χ3n) is 7.39. The molecule has 3 nitrogen and oxygen atoms in total. The van der Waals surface area contributed by atoms with E-state index >= 15 is 0 Å². The molecule has 3 aliphatic rings. The van der Waals surface area contributed by atoms with Crippen molar-refractivity contribution in [1.29, 1.82) is 0 Å². The molecule has 25 heavy (non-hydrogen) atoms. The minimum absolute atomic E-state index is 0.113. The third kappa shape index (κ3) is 2.75. The molecule has 0 amide bonds. The van der Waals surface area contributed by atoms with Gasteiger partial charge in [0.15, 0.2) is 0 Å². The second kappa shape index (κ2) is 6.35. The van der Waals surface area contributed by atoms with Crippen molar-refractivity contribution >= 4 is 15.2 Å². The summed E-state index contributed by atoms with van der Waals surface area (Å²) in [6.45, 7) is 3.77. The van der Waals surface area contributed by atoms with Crippen molar-refractivity contribution < 1.29 is 14.6 Å². The number of ether oxygens (including phenoxy) is 1. The molecule has 4 heteroatoms. The topological polar surface area (TPSA) is 46.5 Å². The van der Waals surface area contributed by atoms with Crippen LogP contribution in [0.4, 0.5) is 0 Å². The van der Waals surface area contributed by atoms with Gasteiger partial charge in [-0.3, -0.25) is 4.79 Å². The first-order valence-electron chi connectivity index (χ1n) is 9.64. The molecule has 0 bridgehead atoms. The Morgan fingerprint density at radius 3 is 2.84 bits per heavy atom. The van der Waals surface area contributed by atoms with E-state index in [0.717, 1.165) is 25.4 Å². The van der Waals surface area contributed by atoms with Crippen LogP contribution in [-0.4, -0.2) is 23.3 Å². The molecule has 3 aliphatic carbocycles. The molecule has 0 aliphatic heterocycles. The molecule has 4 rings (SSSR count). The van der Waals surface area contributed by atoms with E-state index in [2.05, 4.69) is 28.3 Å². The average molecular weight is 360 g/mol. The fraction of sp³-hybridized carbons (Fsp3) is 0.667. The number of hydrogen-bond donors (Lipinski definition) is 1. The van der Waals surface area contributed by atoms with E-state index in [9.17, 15) is 9.90 Å². The van der Waals surface area contributed by atoms with Gasteiger partial charge < -0.3 is 9.84 Å². The van der Waals surface area contributed by atoms with Crippen molar-refractivity contribution in [3.63, 3.8) is 0 Å². The van der Waals surface area contributed by atoms with Crippen LogP contribution in [0.3, 0.4) is 0 Å².